The molecule has 0 aliphatic carbocycles. The molecule has 0 aliphatic heterocycles. The molecule has 0 saturated heterocycles. The second-order valence-electron chi connectivity index (χ2n) is 4.54. The number of ether oxygens (including phenoxy) is 1. The van der Waals surface area contributed by atoms with E-state index < -0.39 is 0 Å². The number of nitrogens with one attached hydrogen (secondary N) is 1. The molecule has 96 valence electrons. The third-order valence-electron chi connectivity index (χ3n) is 2.75. The van der Waals surface area contributed by atoms with Gasteiger partial charge in [-0.1, -0.05) is 37.3 Å². The Balaban J connectivity index is 2.34. The third kappa shape index (κ3) is 5.82. The van der Waals surface area contributed by atoms with Crippen molar-refractivity contribution in [2.45, 2.75) is 19.4 Å². The predicted molar refractivity (Wildman–Crippen MR) is 70.1 cm³/mol. The van der Waals surface area contributed by atoms with Gasteiger partial charge in [0, 0.05) is 26.3 Å². The van der Waals surface area contributed by atoms with Gasteiger partial charge in [-0.15, -0.1) is 0 Å². The van der Waals surface area contributed by atoms with Crippen molar-refractivity contribution in [3.8, 4) is 0 Å². The molecular weight excluding hydrogens is 214 g/mol. The smallest absolute Gasteiger partial charge is 0.0587 e. The quantitative estimate of drug-likeness (QED) is 0.719. The summed E-state index contributed by atoms with van der Waals surface area (Å²) in [5, 5.41) is 12.7. The standard InChI is InChI=1S/C14H23NO2/c1-12(11-17-2)9-15-14(10-16)8-13-6-4-3-5-7-13/h3-7,12,14-16H,8-11H2,1-2H3. The summed E-state index contributed by atoms with van der Waals surface area (Å²) in [4.78, 5) is 0. The van der Waals surface area contributed by atoms with Crippen LogP contribution >= 0.6 is 0 Å². The second-order valence-corrected chi connectivity index (χ2v) is 4.54. The monoisotopic (exact) mass is 237 g/mol. The summed E-state index contributed by atoms with van der Waals surface area (Å²) in [6.45, 7) is 3.91. The van der Waals surface area contributed by atoms with Crippen LogP contribution in [-0.2, 0) is 11.2 Å². The number of hydrogen-bond acceptors (Lipinski definition) is 3. The van der Waals surface area contributed by atoms with Crippen molar-refractivity contribution in [2.75, 3.05) is 26.9 Å². The summed E-state index contributed by atoms with van der Waals surface area (Å²) in [6, 6.07) is 10.4. The van der Waals surface area contributed by atoms with Crippen molar-refractivity contribution >= 4 is 0 Å². The van der Waals surface area contributed by atoms with Gasteiger partial charge in [0.05, 0.1) is 6.61 Å². The van der Waals surface area contributed by atoms with Crippen LogP contribution in [0.1, 0.15) is 12.5 Å². The van der Waals surface area contributed by atoms with Gasteiger partial charge in [0.2, 0.25) is 0 Å². The molecule has 0 heterocycles. The van der Waals surface area contributed by atoms with Gasteiger partial charge in [0.25, 0.3) is 0 Å². The van der Waals surface area contributed by atoms with Gasteiger partial charge >= 0.3 is 0 Å². The largest absolute Gasteiger partial charge is 0.395 e. The molecule has 3 heteroatoms. The number of aliphatic hydroxyl groups excluding tert-OH is 1. The SMILES string of the molecule is COCC(C)CNC(CO)Cc1ccccc1. The Kier molecular flexibility index (Phi) is 6.86. The highest BCUT2D eigenvalue weighted by atomic mass is 16.5. The van der Waals surface area contributed by atoms with E-state index in [1.54, 1.807) is 7.11 Å². The van der Waals surface area contributed by atoms with Gasteiger partial charge in [-0.3, -0.25) is 0 Å². The number of methoxy groups -OCH3 is 1. The lowest BCUT2D eigenvalue weighted by Gasteiger charge is -2.19. The zero-order chi connectivity index (χ0) is 12.5. The first kappa shape index (κ1) is 14.2. The average molecular weight is 237 g/mol. The molecule has 0 spiro atoms. The number of benzene rings is 1. The van der Waals surface area contributed by atoms with Gasteiger partial charge in [-0.25, -0.2) is 0 Å². The molecule has 0 fully saturated rings. The second kappa shape index (κ2) is 8.23. The normalized spacial score (nSPS) is 14.5. The van der Waals surface area contributed by atoms with Crippen molar-refractivity contribution in [2.24, 2.45) is 5.92 Å². The summed E-state index contributed by atoms with van der Waals surface area (Å²) in [7, 11) is 1.71. The summed E-state index contributed by atoms with van der Waals surface area (Å²) in [5.41, 5.74) is 1.25. The minimum atomic E-state index is 0.122. The summed E-state index contributed by atoms with van der Waals surface area (Å²) < 4.78 is 5.09. The van der Waals surface area contributed by atoms with Crippen molar-refractivity contribution in [1.29, 1.82) is 0 Å². The lowest BCUT2D eigenvalue weighted by Crippen LogP contribution is -2.38. The van der Waals surface area contributed by atoms with Gasteiger partial charge < -0.3 is 15.2 Å². The Morgan fingerprint density at radius 3 is 2.59 bits per heavy atom. The Morgan fingerprint density at radius 2 is 2.00 bits per heavy atom. The summed E-state index contributed by atoms with van der Waals surface area (Å²) in [6.07, 6.45) is 0.858. The number of aliphatic hydroxyl groups is 1. The van der Waals surface area contributed by atoms with Crippen LogP contribution in [0.2, 0.25) is 0 Å². The van der Waals surface area contributed by atoms with E-state index in [4.69, 9.17) is 4.74 Å². The summed E-state index contributed by atoms with van der Waals surface area (Å²) >= 11 is 0. The molecule has 1 rings (SSSR count). The van der Waals surface area contributed by atoms with Crippen LogP contribution in [0.3, 0.4) is 0 Å². The highest BCUT2D eigenvalue weighted by molar-refractivity contribution is 5.15. The minimum absolute atomic E-state index is 0.122. The minimum Gasteiger partial charge on any atom is -0.395 e. The molecule has 0 aliphatic rings. The Bertz CT molecular complexity index is 290. The van der Waals surface area contributed by atoms with Gasteiger partial charge in [0.1, 0.15) is 0 Å². The average Bonchev–Trinajstić information content (AvgIpc) is 2.36. The Morgan fingerprint density at radius 1 is 1.29 bits per heavy atom. The van der Waals surface area contributed by atoms with E-state index in [1.165, 1.54) is 5.56 Å². The fourth-order valence-corrected chi connectivity index (χ4v) is 1.81. The maximum atomic E-state index is 9.34. The maximum Gasteiger partial charge on any atom is 0.0587 e. The van der Waals surface area contributed by atoms with Crippen molar-refractivity contribution in [3.63, 3.8) is 0 Å². The molecular formula is C14H23NO2. The van der Waals surface area contributed by atoms with Crippen molar-refractivity contribution in [1.82, 2.24) is 5.32 Å². The molecule has 0 amide bonds. The van der Waals surface area contributed by atoms with Gasteiger partial charge in [-0.2, -0.15) is 0 Å². The number of rotatable bonds is 8. The van der Waals surface area contributed by atoms with E-state index >= 15 is 0 Å². The van der Waals surface area contributed by atoms with Crippen LogP contribution in [0, 0.1) is 5.92 Å². The molecule has 2 atom stereocenters. The van der Waals surface area contributed by atoms with E-state index in [-0.39, 0.29) is 12.6 Å². The molecule has 17 heavy (non-hydrogen) atoms. The zero-order valence-corrected chi connectivity index (χ0v) is 10.7. The molecule has 2 N–H and O–H groups in total. The zero-order valence-electron chi connectivity index (χ0n) is 10.7. The molecule has 0 saturated carbocycles. The van der Waals surface area contributed by atoms with Crippen molar-refractivity contribution in [3.05, 3.63) is 35.9 Å². The van der Waals surface area contributed by atoms with Crippen LogP contribution in [0.15, 0.2) is 30.3 Å². The lowest BCUT2D eigenvalue weighted by atomic mass is 10.1. The van der Waals surface area contributed by atoms with E-state index in [2.05, 4.69) is 24.4 Å². The van der Waals surface area contributed by atoms with Gasteiger partial charge in [0.15, 0.2) is 0 Å². The van der Waals surface area contributed by atoms with Crippen LogP contribution < -0.4 is 5.32 Å². The first-order chi connectivity index (χ1) is 8.26. The topological polar surface area (TPSA) is 41.5 Å². The fraction of sp³-hybridized carbons (Fsp3) is 0.571. The van der Waals surface area contributed by atoms with Crippen LogP contribution in [-0.4, -0.2) is 38.0 Å². The molecule has 0 aromatic heterocycles. The third-order valence-corrected chi connectivity index (χ3v) is 2.75. The molecule has 1 aromatic rings. The first-order valence-electron chi connectivity index (χ1n) is 6.13. The van der Waals surface area contributed by atoms with Crippen LogP contribution in [0.25, 0.3) is 0 Å². The fourth-order valence-electron chi connectivity index (χ4n) is 1.81. The van der Waals surface area contributed by atoms with E-state index in [0.717, 1.165) is 19.6 Å². The molecule has 2 unspecified atom stereocenters. The lowest BCUT2D eigenvalue weighted by molar-refractivity contribution is 0.152. The predicted octanol–water partition coefficient (Wildman–Crippen LogP) is 1.46. The Labute approximate surface area is 104 Å². The molecule has 0 bridgehead atoms. The van der Waals surface area contributed by atoms with Crippen LogP contribution in [0.5, 0.6) is 0 Å². The van der Waals surface area contributed by atoms with Gasteiger partial charge in [-0.05, 0) is 17.9 Å². The maximum absolute atomic E-state index is 9.34. The number of hydrogen-bond donors (Lipinski definition) is 2. The molecule has 1 aromatic carbocycles. The molecule has 3 nitrogen and oxygen atoms in total. The Hall–Kier alpha value is -0.900. The van der Waals surface area contributed by atoms with E-state index in [9.17, 15) is 5.11 Å². The molecule has 0 radical (unpaired) electrons. The van der Waals surface area contributed by atoms with Crippen LogP contribution in [0.4, 0.5) is 0 Å². The van der Waals surface area contributed by atoms with E-state index in [0.29, 0.717) is 5.92 Å². The highest BCUT2D eigenvalue weighted by Crippen LogP contribution is 2.03. The van der Waals surface area contributed by atoms with E-state index in [1.807, 2.05) is 18.2 Å². The highest BCUT2D eigenvalue weighted by Gasteiger charge is 2.09. The van der Waals surface area contributed by atoms with Crippen molar-refractivity contribution < 1.29 is 9.84 Å². The summed E-state index contributed by atoms with van der Waals surface area (Å²) in [5.74, 6) is 0.463. The first-order valence-corrected chi connectivity index (χ1v) is 6.13.